The lowest BCUT2D eigenvalue weighted by molar-refractivity contribution is 0.291. The van der Waals surface area contributed by atoms with E-state index in [9.17, 15) is 0 Å². The first-order chi connectivity index (χ1) is 14.7. The summed E-state index contributed by atoms with van der Waals surface area (Å²) in [6.45, 7) is 0.703. The Labute approximate surface area is 174 Å². The van der Waals surface area contributed by atoms with Gasteiger partial charge < -0.3 is 9.47 Å². The van der Waals surface area contributed by atoms with E-state index in [0.29, 0.717) is 30.7 Å². The molecule has 1 aliphatic carbocycles. The molecule has 0 unspecified atom stereocenters. The molecular weight excluding hydrogens is 378 g/mol. The smallest absolute Gasteiger partial charge is 0.240 e. The third kappa shape index (κ3) is 3.83. The van der Waals surface area contributed by atoms with Crippen LogP contribution in [0.25, 0.3) is 22.0 Å². The molecule has 0 bridgehead atoms. The molecule has 0 N–H and O–H groups in total. The van der Waals surface area contributed by atoms with Crippen LogP contribution >= 0.6 is 0 Å². The van der Waals surface area contributed by atoms with E-state index in [0.717, 1.165) is 33.3 Å². The van der Waals surface area contributed by atoms with Crippen molar-refractivity contribution in [3.05, 3.63) is 60.4 Å². The summed E-state index contributed by atoms with van der Waals surface area (Å²) in [4.78, 5) is 13.7. The summed E-state index contributed by atoms with van der Waals surface area (Å²) in [5, 5.41) is 5.17. The molecule has 1 aliphatic rings. The lowest BCUT2D eigenvalue weighted by Crippen LogP contribution is -2.04. The summed E-state index contributed by atoms with van der Waals surface area (Å²) in [7, 11) is 3.59. The number of rotatable bonds is 7. The summed E-state index contributed by atoms with van der Waals surface area (Å²) in [5.41, 5.74) is 3.89. The van der Waals surface area contributed by atoms with E-state index >= 15 is 0 Å². The highest BCUT2D eigenvalue weighted by Gasteiger charge is 2.22. The van der Waals surface area contributed by atoms with Crippen LogP contribution in [0, 0.1) is 5.92 Å². The Kier molecular flexibility index (Phi) is 4.78. The molecule has 4 aromatic rings. The summed E-state index contributed by atoms with van der Waals surface area (Å²) in [6.07, 6.45) is 10.4. The van der Waals surface area contributed by atoms with Crippen molar-refractivity contribution in [1.29, 1.82) is 0 Å². The minimum atomic E-state index is 0.559. The highest BCUT2D eigenvalue weighted by molar-refractivity contribution is 5.81. The Balaban J connectivity index is 1.43. The topological polar surface area (TPSA) is 75.0 Å². The molecule has 0 saturated heterocycles. The molecule has 1 fully saturated rings. The van der Waals surface area contributed by atoms with Crippen molar-refractivity contribution in [3.8, 4) is 22.8 Å². The van der Waals surface area contributed by atoms with Gasteiger partial charge in [-0.3, -0.25) is 4.68 Å². The fourth-order valence-corrected chi connectivity index (χ4v) is 3.45. The third-order valence-corrected chi connectivity index (χ3v) is 5.34. The van der Waals surface area contributed by atoms with E-state index in [1.165, 1.54) is 12.8 Å². The highest BCUT2D eigenvalue weighted by Crippen LogP contribution is 2.31. The standard InChI is InChI=1S/C23H23N5O2/c1-28-13-19(12-26-28)16-5-6-17(20(9-16)29-2)10-21-25-11-18-7-8-24-23(22(18)27-21)30-14-15-3-4-15/h5-9,11-13,15H,3-4,10,14H2,1-2H3. The van der Waals surface area contributed by atoms with E-state index in [-0.39, 0.29) is 0 Å². The van der Waals surface area contributed by atoms with Crippen LogP contribution in [0.15, 0.2) is 49.1 Å². The average Bonchev–Trinajstić information content (AvgIpc) is 3.50. The van der Waals surface area contributed by atoms with Crippen LogP contribution in [-0.4, -0.2) is 38.4 Å². The van der Waals surface area contributed by atoms with E-state index in [2.05, 4.69) is 27.2 Å². The molecule has 7 heteroatoms. The fourth-order valence-electron chi connectivity index (χ4n) is 3.45. The number of pyridine rings is 1. The first-order valence-corrected chi connectivity index (χ1v) is 10.1. The first-order valence-electron chi connectivity index (χ1n) is 10.1. The van der Waals surface area contributed by atoms with Crippen LogP contribution in [0.2, 0.25) is 0 Å². The SMILES string of the molecule is COc1cc(-c2cnn(C)c2)ccc1Cc1ncc2ccnc(OCC3CC3)c2n1. The van der Waals surface area contributed by atoms with Crippen molar-refractivity contribution < 1.29 is 9.47 Å². The predicted octanol–water partition coefficient (Wildman–Crippen LogP) is 3.81. The molecule has 0 aliphatic heterocycles. The van der Waals surface area contributed by atoms with E-state index < -0.39 is 0 Å². The van der Waals surface area contributed by atoms with Crippen molar-refractivity contribution in [3.63, 3.8) is 0 Å². The fraction of sp³-hybridized carbons (Fsp3) is 0.304. The summed E-state index contributed by atoms with van der Waals surface area (Å²) in [5.74, 6) is 2.75. The Bertz CT molecular complexity index is 1200. The number of methoxy groups -OCH3 is 1. The van der Waals surface area contributed by atoms with Gasteiger partial charge in [0.25, 0.3) is 0 Å². The number of aryl methyl sites for hydroxylation is 1. The lowest BCUT2D eigenvalue weighted by Gasteiger charge is -2.11. The molecule has 3 heterocycles. The zero-order chi connectivity index (χ0) is 20.5. The quantitative estimate of drug-likeness (QED) is 0.469. The largest absolute Gasteiger partial charge is 0.496 e. The molecule has 30 heavy (non-hydrogen) atoms. The number of hydrogen-bond acceptors (Lipinski definition) is 6. The van der Waals surface area contributed by atoms with E-state index in [1.54, 1.807) is 18.0 Å². The van der Waals surface area contributed by atoms with Gasteiger partial charge in [-0.2, -0.15) is 5.10 Å². The summed E-state index contributed by atoms with van der Waals surface area (Å²) in [6, 6.07) is 8.07. The molecule has 0 radical (unpaired) electrons. The minimum Gasteiger partial charge on any atom is -0.496 e. The molecule has 0 spiro atoms. The van der Waals surface area contributed by atoms with Crippen LogP contribution in [0.4, 0.5) is 0 Å². The lowest BCUT2D eigenvalue weighted by atomic mass is 10.0. The Morgan fingerprint density at radius 1 is 1.10 bits per heavy atom. The number of aromatic nitrogens is 5. The van der Waals surface area contributed by atoms with E-state index in [1.807, 2.05) is 37.8 Å². The van der Waals surface area contributed by atoms with Gasteiger partial charge in [-0.05, 0) is 36.5 Å². The molecule has 152 valence electrons. The average molecular weight is 401 g/mol. The summed E-state index contributed by atoms with van der Waals surface area (Å²) < 4.78 is 13.4. The maximum atomic E-state index is 5.93. The molecule has 5 rings (SSSR count). The Morgan fingerprint density at radius 3 is 2.77 bits per heavy atom. The van der Waals surface area contributed by atoms with Crippen molar-refractivity contribution in [1.82, 2.24) is 24.7 Å². The van der Waals surface area contributed by atoms with Crippen LogP contribution < -0.4 is 9.47 Å². The van der Waals surface area contributed by atoms with Gasteiger partial charge in [0, 0.05) is 48.6 Å². The first kappa shape index (κ1) is 18.5. The zero-order valence-electron chi connectivity index (χ0n) is 17.1. The molecule has 1 saturated carbocycles. The van der Waals surface area contributed by atoms with Gasteiger partial charge in [0.2, 0.25) is 5.88 Å². The molecular formula is C23H23N5O2. The Hall–Kier alpha value is -3.48. The molecule has 7 nitrogen and oxygen atoms in total. The zero-order valence-corrected chi connectivity index (χ0v) is 17.1. The second-order valence-corrected chi connectivity index (χ2v) is 7.70. The van der Waals surface area contributed by atoms with Crippen LogP contribution in [0.3, 0.4) is 0 Å². The van der Waals surface area contributed by atoms with Crippen LogP contribution in [0.5, 0.6) is 11.6 Å². The normalized spacial score (nSPS) is 13.5. The number of nitrogens with zero attached hydrogens (tertiary/aromatic N) is 5. The van der Waals surface area contributed by atoms with Crippen molar-refractivity contribution in [2.45, 2.75) is 19.3 Å². The number of ether oxygens (including phenoxy) is 2. The Morgan fingerprint density at radius 2 is 2.00 bits per heavy atom. The van der Waals surface area contributed by atoms with Gasteiger partial charge in [0.15, 0.2) is 0 Å². The number of benzene rings is 1. The van der Waals surface area contributed by atoms with Crippen LogP contribution in [-0.2, 0) is 13.5 Å². The molecule has 3 aromatic heterocycles. The highest BCUT2D eigenvalue weighted by atomic mass is 16.5. The van der Waals surface area contributed by atoms with Gasteiger partial charge in [0.1, 0.15) is 17.1 Å². The van der Waals surface area contributed by atoms with Gasteiger partial charge >= 0.3 is 0 Å². The van der Waals surface area contributed by atoms with Gasteiger partial charge in [-0.25, -0.2) is 15.0 Å². The molecule has 0 amide bonds. The van der Waals surface area contributed by atoms with Gasteiger partial charge in [-0.15, -0.1) is 0 Å². The maximum absolute atomic E-state index is 5.93. The van der Waals surface area contributed by atoms with Crippen molar-refractivity contribution in [2.75, 3.05) is 13.7 Å². The van der Waals surface area contributed by atoms with Crippen molar-refractivity contribution >= 4 is 10.9 Å². The van der Waals surface area contributed by atoms with Crippen LogP contribution in [0.1, 0.15) is 24.2 Å². The van der Waals surface area contributed by atoms with E-state index in [4.69, 9.17) is 14.5 Å². The second kappa shape index (κ2) is 7.74. The molecule has 1 aromatic carbocycles. The van der Waals surface area contributed by atoms with Gasteiger partial charge in [-0.1, -0.05) is 12.1 Å². The summed E-state index contributed by atoms with van der Waals surface area (Å²) >= 11 is 0. The molecule has 0 atom stereocenters. The van der Waals surface area contributed by atoms with Gasteiger partial charge in [0.05, 0.1) is 19.9 Å². The maximum Gasteiger partial charge on any atom is 0.240 e. The third-order valence-electron chi connectivity index (χ3n) is 5.34. The second-order valence-electron chi connectivity index (χ2n) is 7.70. The van der Waals surface area contributed by atoms with Crippen molar-refractivity contribution in [2.24, 2.45) is 13.0 Å². The minimum absolute atomic E-state index is 0.559. The number of fused-ring (bicyclic) bond motifs is 1. The number of hydrogen-bond donors (Lipinski definition) is 0. The predicted molar refractivity (Wildman–Crippen MR) is 114 cm³/mol. The monoisotopic (exact) mass is 401 g/mol.